The van der Waals surface area contributed by atoms with E-state index in [-0.39, 0.29) is 5.84 Å². The van der Waals surface area contributed by atoms with Gasteiger partial charge in [0.1, 0.15) is 0 Å². The Kier molecular flexibility index (Phi) is 5.11. The van der Waals surface area contributed by atoms with Crippen LogP contribution in [0, 0.1) is 0 Å². The van der Waals surface area contributed by atoms with Gasteiger partial charge in [-0.05, 0) is 11.6 Å². The topological polar surface area (TPSA) is 92.8 Å². The highest BCUT2D eigenvalue weighted by molar-refractivity contribution is 5.98. The summed E-state index contributed by atoms with van der Waals surface area (Å²) in [6.07, 6.45) is 1.69. The van der Waals surface area contributed by atoms with Crippen LogP contribution in [0.25, 0.3) is 0 Å². The summed E-state index contributed by atoms with van der Waals surface area (Å²) in [6, 6.07) is 11.3. The number of amidine groups is 1. The summed E-state index contributed by atoms with van der Waals surface area (Å²) in [7, 11) is 1.60. The second-order valence-corrected chi connectivity index (χ2v) is 4.42. The standard InChI is InChI=1S/C15H18N4O2/c1-21-15-12(6-4-8-18-15)10-17-9-11-5-2-3-7-13(11)14(16)19-20/h2-8,17,20H,9-10H2,1H3,(H2,16,19). The molecule has 6 heteroatoms. The summed E-state index contributed by atoms with van der Waals surface area (Å²) >= 11 is 0. The lowest BCUT2D eigenvalue weighted by Crippen LogP contribution is -2.20. The first kappa shape index (κ1) is 14.8. The van der Waals surface area contributed by atoms with E-state index in [9.17, 15) is 0 Å². The molecule has 0 saturated heterocycles. The van der Waals surface area contributed by atoms with E-state index in [0.717, 1.165) is 11.1 Å². The zero-order chi connectivity index (χ0) is 15.1. The van der Waals surface area contributed by atoms with Crippen molar-refractivity contribution >= 4 is 5.84 Å². The van der Waals surface area contributed by atoms with Gasteiger partial charge in [0.2, 0.25) is 5.88 Å². The average molecular weight is 286 g/mol. The smallest absolute Gasteiger partial charge is 0.217 e. The van der Waals surface area contributed by atoms with Crippen LogP contribution in [0.5, 0.6) is 5.88 Å². The lowest BCUT2D eigenvalue weighted by atomic mass is 10.1. The second-order valence-electron chi connectivity index (χ2n) is 4.42. The number of pyridine rings is 1. The molecule has 0 fully saturated rings. The minimum atomic E-state index is 0.103. The molecule has 1 heterocycles. The van der Waals surface area contributed by atoms with Gasteiger partial charge < -0.3 is 21.0 Å². The van der Waals surface area contributed by atoms with Crippen LogP contribution in [0.4, 0.5) is 0 Å². The van der Waals surface area contributed by atoms with Gasteiger partial charge in [-0.15, -0.1) is 0 Å². The fraction of sp³-hybridized carbons (Fsp3) is 0.200. The van der Waals surface area contributed by atoms with Gasteiger partial charge in [-0.25, -0.2) is 4.98 Å². The van der Waals surface area contributed by atoms with Crippen molar-refractivity contribution in [1.29, 1.82) is 0 Å². The van der Waals surface area contributed by atoms with E-state index in [4.69, 9.17) is 15.7 Å². The average Bonchev–Trinajstić information content (AvgIpc) is 2.55. The molecular formula is C15H18N4O2. The molecule has 2 rings (SSSR count). The van der Waals surface area contributed by atoms with Gasteiger partial charge in [-0.3, -0.25) is 0 Å². The van der Waals surface area contributed by atoms with Crippen LogP contribution in [-0.2, 0) is 13.1 Å². The molecule has 0 unspecified atom stereocenters. The molecule has 0 aliphatic carbocycles. The number of hydrogen-bond donors (Lipinski definition) is 3. The molecule has 0 amide bonds. The van der Waals surface area contributed by atoms with Crippen LogP contribution in [0.15, 0.2) is 47.8 Å². The van der Waals surface area contributed by atoms with E-state index in [0.29, 0.717) is 24.5 Å². The van der Waals surface area contributed by atoms with Gasteiger partial charge in [0.05, 0.1) is 7.11 Å². The Morgan fingerprint density at radius 2 is 1.95 bits per heavy atom. The molecule has 0 aliphatic rings. The maximum Gasteiger partial charge on any atom is 0.217 e. The Morgan fingerprint density at radius 1 is 1.24 bits per heavy atom. The van der Waals surface area contributed by atoms with Gasteiger partial charge >= 0.3 is 0 Å². The molecule has 1 aromatic heterocycles. The van der Waals surface area contributed by atoms with E-state index in [1.54, 1.807) is 13.3 Å². The summed E-state index contributed by atoms with van der Waals surface area (Å²) in [5.74, 6) is 0.709. The second kappa shape index (κ2) is 7.25. The molecule has 0 radical (unpaired) electrons. The van der Waals surface area contributed by atoms with E-state index >= 15 is 0 Å². The van der Waals surface area contributed by atoms with Crippen molar-refractivity contribution in [2.45, 2.75) is 13.1 Å². The third-order valence-corrected chi connectivity index (χ3v) is 3.08. The Labute approximate surface area is 123 Å². The summed E-state index contributed by atoms with van der Waals surface area (Å²) in [5.41, 5.74) is 8.31. The molecule has 110 valence electrons. The van der Waals surface area contributed by atoms with Crippen LogP contribution in [0.3, 0.4) is 0 Å². The van der Waals surface area contributed by atoms with E-state index in [1.165, 1.54) is 0 Å². The zero-order valence-corrected chi connectivity index (χ0v) is 11.8. The number of hydrogen-bond acceptors (Lipinski definition) is 5. The SMILES string of the molecule is COc1ncccc1CNCc1ccccc1C(N)=NO. The summed E-state index contributed by atoms with van der Waals surface area (Å²) in [4.78, 5) is 4.15. The highest BCUT2D eigenvalue weighted by atomic mass is 16.5. The quantitative estimate of drug-likeness (QED) is 0.324. The van der Waals surface area contributed by atoms with E-state index in [2.05, 4.69) is 15.5 Å². The minimum Gasteiger partial charge on any atom is -0.481 e. The van der Waals surface area contributed by atoms with Crippen LogP contribution in [-0.4, -0.2) is 23.1 Å². The Balaban J connectivity index is 2.04. The van der Waals surface area contributed by atoms with Crippen molar-refractivity contribution in [1.82, 2.24) is 10.3 Å². The monoisotopic (exact) mass is 286 g/mol. The molecule has 0 saturated carbocycles. The summed E-state index contributed by atoms with van der Waals surface area (Å²) in [5, 5.41) is 15.2. The van der Waals surface area contributed by atoms with E-state index in [1.807, 2.05) is 36.4 Å². The van der Waals surface area contributed by atoms with Crippen molar-refractivity contribution in [3.63, 3.8) is 0 Å². The number of methoxy groups -OCH3 is 1. The number of ether oxygens (including phenoxy) is 1. The number of nitrogens with two attached hydrogens (primary N) is 1. The maximum absolute atomic E-state index is 8.80. The molecule has 0 bridgehead atoms. The first-order chi connectivity index (χ1) is 10.3. The Morgan fingerprint density at radius 3 is 2.71 bits per heavy atom. The van der Waals surface area contributed by atoms with Crippen LogP contribution >= 0.6 is 0 Å². The highest BCUT2D eigenvalue weighted by Gasteiger charge is 2.07. The van der Waals surface area contributed by atoms with Crippen LogP contribution in [0.1, 0.15) is 16.7 Å². The van der Waals surface area contributed by atoms with E-state index < -0.39 is 0 Å². The lowest BCUT2D eigenvalue weighted by molar-refractivity contribution is 0.318. The van der Waals surface area contributed by atoms with Gasteiger partial charge in [-0.1, -0.05) is 35.5 Å². The fourth-order valence-electron chi connectivity index (χ4n) is 2.05. The molecule has 2 aromatic rings. The van der Waals surface area contributed by atoms with Crippen molar-refractivity contribution in [3.8, 4) is 5.88 Å². The van der Waals surface area contributed by atoms with Crippen LogP contribution < -0.4 is 15.8 Å². The highest BCUT2D eigenvalue weighted by Crippen LogP contribution is 2.14. The normalized spacial score (nSPS) is 11.4. The number of nitrogens with one attached hydrogen (secondary N) is 1. The maximum atomic E-state index is 8.80. The summed E-state index contributed by atoms with van der Waals surface area (Å²) in [6.45, 7) is 1.20. The zero-order valence-electron chi connectivity index (χ0n) is 11.8. The molecule has 0 spiro atoms. The number of rotatable bonds is 6. The van der Waals surface area contributed by atoms with Gasteiger partial charge in [-0.2, -0.15) is 0 Å². The van der Waals surface area contributed by atoms with Crippen molar-refractivity contribution in [2.75, 3.05) is 7.11 Å². The van der Waals surface area contributed by atoms with Crippen molar-refractivity contribution in [3.05, 3.63) is 59.3 Å². The molecule has 0 atom stereocenters. The van der Waals surface area contributed by atoms with Gasteiger partial charge in [0, 0.05) is 30.4 Å². The first-order valence-corrected chi connectivity index (χ1v) is 6.50. The third kappa shape index (κ3) is 3.70. The lowest BCUT2D eigenvalue weighted by Gasteiger charge is -2.11. The molecule has 1 aromatic carbocycles. The number of benzene rings is 1. The molecule has 4 N–H and O–H groups in total. The first-order valence-electron chi connectivity index (χ1n) is 6.50. The largest absolute Gasteiger partial charge is 0.481 e. The molecular weight excluding hydrogens is 268 g/mol. The predicted octanol–water partition coefficient (Wildman–Crippen LogP) is 1.47. The molecule has 6 nitrogen and oxygen atoms in total. The number of oxime groups is 1. The molecule has 0 aliphatic heterocycles. The Hall–Kier alpha value is -2.60. The molecule has 21 heavy (non-hydrogen) atoms. The van der Waals surface area contributed by atoms with Crippen LogP contribution in [0.2, 0.25) is 0 Å². The number of nitrogens with zero attached hydrogens (tertiary/aromatic N) is 2. The number of aromatic nitrogens is 1. The van der Waals surface area contributed by atoms with Crippen molar-refractivity contribution < 1.29 is 9.94 Å². The minimum absolute atomic E-state index is 0.103. The fourth-order valence-corrected chi connectivity index (χ4v) is 2.05. The predicted molar refractivity (Wildman–Crippen MR) is 80.3 cm³/mol. The third-order valence-electron chi connectivity index (χ3n) is 3.08. The van der Waals surface area contributed by atoms with Gasteiger partial charge in [0.15, 0.2) is 5.84 Å². The van der Waals surface area contributed by atoms with Gasteiger partial charge in [0.25, 0.3) is 0 Å². The van der Waals surface area contributed by atoms with Crippen molar-refractivity contribution in [2.24, 2.45) is 10.9 Å². The summed E-state index contributed by atoms with van der Waals surface area (Å²) < 4.78 is 5.20. The Bertz CT molecular complexity index is 629.